The summed E-state index contributed by atoms with van der Waals surface area (Å²) in [6, 6.07) is 4.91. The summed E-state index contributed by atoms with van der Waals surface area (Å²) >= 11 is 5.71. The van der Waals surface area contributed by atoms with E-state index in [1.54, 1.807) is 12.1 Å². The first-order valence-electron chi connectivity index (χ1n) is 5.78. The standard InChI is InChI=1S/C13H19ClFN/c1-3-16-7-6-10(2)8-11-4-5-12(14)9-13(11)15/h4-5,9-10,16H,3,6-8H2,1-2H3. The SMILES string of the molecule is CCNCCC(C)Cc1ccc(Cl)cc1F. The van der Waals surface area contributed by atoms with Gasteiger partial charge in [0.25, 0.3) is 0 Å². The van der Waals surface area contributed by atoms with Gasteiger partial charge in [-0.2, -0.15) is 0 Å². The van der Waals surface area contributed by atoms with Gasteiger partial charge in [0.15, 0.2) is 0 Å². The van der Waals surface area contributed by atoms with Crippen molar-refractivity contribution in [2.75, 3.05) is 13.1 Å². The first-order chi connectivity index (χ1) is 7.63. The van der Waals surface area contributed by atoms with Crippen LogP contribution in [0.2, 0.25) is 5.02 Å². The van der Waals surface area contributed by atoms with E-state index >= 15 is 0 Å². The van der Waals surface area contributed by atoms with Crippen molar-refractivity contribution < 1.29 is 4.39 Å². The Morgan fingerprint density at radius 2 is 2.19 bits per heavy atom. The summed E-state index contributed by atoms with van der Waals surface area (Å²) in [6.07, 6.45) is 1.84. The van der Waals surface area contributed by atoms with Gasteiger partial charge in [0.1, 0.15) is 5.82 Å². The van der Waals surface area contributed by atoms with Crippen molar-refractivity contribution >= 4 is 11.6 Å². The fourth-order valence-electron chi connectivity index (χ4n) is 1.69. The van der Waals surface area contributed by atoms with Gasteiger partial charge in [-0.3, -0.25) is 0 Å². The van der Waals surface area contributed by atoms with E-state index in [4.69, 9.17) is 11.6 Å². The predicted octanol–water partition coefficient (Wildman–Crippen LogP) is 3.66. The molecule has 90 valence electrons. The van der Waals surface area contributed by atoms with Crippen molar-refractivity contribution in [3.63, 3.8) is 0 Å². The van der Waals surface area contributed by atoms with E-state index in [1.165, 1.54) is 6.07 Å². The molecule has 1 aromatic carbocycles. The highest BCUT2D eigenvalue weighted by Crippen LogP contribution is 2.18. The van der Waals surface area contributed by atoms with Gasteiger partial charge in [0.05, 0.1) is 0 Å². The second-order valence-electron chi connectivity index (χ2n) is 4.19. The molecule has 1 nitrogen and oxygen atoms in total. The minimum absolute atomic E-state index is 0.192. The van der Waals surface area contributed by atoms with Gasteiger partial charge >= 0.3 is 0 Å². The Morgan fingerprint density at radius 3 is 2.81 bits per heavy atom. The zero-order valence-corrected chi connectivity index (χ0v) is 10.6. The topological polar surface area (TPSA) is 12.0 Å². The minimum Gasteiger partial charge on any atom is -0.317 e. The predicted molar refractivity (Wildman–Crippen MR) is 67.4 cm³/mol. The number of benzene rings is 1. The molecule has 0 saturated heterocycles. The summed E-state index contributed by atoms with van der Waals surface area (Å²) in [7, 11) is 0. The lowest BCUT2D eigenvalue weighted by atomic mass is 9.98. The maximum atomic E-state index is 13.5. The van der Waals surface area contributed by atoms with E-state index in [9.17, 15) is 4.39 Å². The molecular formula is C13H19ClFN. The first-order valence-corrected chi connectivity index (χ1v) is 6.16. The van der Waals surface area contributed by atoms with Crippen LogP contribution in [0.3, 0.4) is 0 Å². The highest BCUT2D eigenvalue weighted by molar-refractivity contribution is 6.30. The number of halogens is 2. The number of rotatable bonds is 6. The molecule has 0 heterocycles. The molecule has 1 atom stereocenters. The molecule has 0 aliphatic rings. The van der Waals surface area contributed by atoms with Gasteiger partial charge in [-0.05, 0) is 49.5 Å². The third-order valence-corrected chi connectivity index (χ3v) is 2.88. The molecule has 0 aromatic heterocycles. The second kappa shape index (κ2) is 6.87. The van der Waals surface area contributed by atoms with E-state index in [2.05, 4.69) is 19.2 Å². The van der Waals surface area contributed by atoms with Crippen molar-refractivity contribution in [3.05, 3.63) is 34.6 Å². The van der Waals surface area contributed by atoms with Crippen LogP contribution in [-0.2, 0) is 6.42 Å². The van der Waals surface area contributed by atoms with Crippen LogP contribution in [0.5, 0.6) is 0 Å². The lowest BCUT2D eigenvalue weighted by molar-refractivity contribution is 0.491. The number of hydrogen-bond acceptors (Lipinski definition) is 1. The normalized spacial score (nSPS) is 12.8. The van der Waals surface area contributed by atoms with E-state index in [0.717, 1.165) is 31.5 Å². The van der Waals surface area contributed by atoms with E-state index in [0.29, 0.717) is 10.9 Å². The first kappa shape index (κ1) is 13.5. The second-order valence-corrected chi connectivity index (χ2v) is 4.62. The van der Waals surface area contributed by atoms with E-state index < -0.39 is 0 Å². The third-order valence-electron chi connectivity index (χ3n) is 2.65. The summed E-state index contributed by atoms with van der Waals surface area (Å²) in [4.78, 5) is 0. The third kappa shape index (κ3) is 4.50. The Balaban J connectivity index is 2.46. The Morgan fingerprint density at radius 1 is 1.44 bits per heavy atom. The van der Waals surface area contributed by atoms with Crippen molar-refractivity contribution in [2.45, 2.75) is 26.7 Å². The molecule has 0 bridgehead atoms. The van der Waals surface area contributed by atoms with E-state index in [1.807, 2.05) is 0 Å². The number of hydrogen-bond donors (Lipinski definition) is 1. The van der Waals surface area contributed by atoms with Gasteiger partial charge in [0.2, 0.25) is 0 Å². The monoisotopic (exact) mass is 243 g/mol. The molecule has 0 spiro atoms. The highest BCUT2D eigenvalue weighted by atomic mass is 35.5. The van der Waals surface area contributed by atoms with Crippen molar-refractivity contribution in [1.82, 2.24) is 5.32 Å². The lowest BCUT2D eigenvalue weighted by Gasteiger charge is -2.12. The van der Waals surface area contributed by atoms with Gasteiger partial charge in [-0.1, -0.05) is 31.5 Å². The van der Waals surface area contributed by atoms with Crippen LogP contribution in [0.1, 0.15) is 25.8 Å². The molecule has 16 heavy (non-hydrogen) atoms. The Hall–Kier alpha value is -0.600. The van der Waals surface area contributed by atoms with Crippen LogP contribution in [-0.4, -0.2) is 13.1 Å². The zero-order chi connectivity index (χ0) is 12.0. The molecule has 0 aliphatic heterocycles. The van der Waals surface area contributed by atoms with Crippen molar-refractivity contribution in [2.24, 2.45) is 5.92 Å². The van der Waals surface area contributed by atoms with Crippen molar-refractivity contribution in [3.8, 4) is 0 Å². The maximum absolute atomic E-state index is 13.5. The molecule has 1 unspecified atom stereocenters. The molecule has 0 saturated carbocycles. The summed E-state index contributed by atoms with van der Waals surface area (Å²) in [6.45, 7) is 6.21. The molecule has 1 aromatic rings. The van der Waals surface area contributed by atoms with Crippen LogP contribution < -0.4 is 5.32 Å². The lowest BCUT2D eigenvalue weighted by Crippen LogP contribution is -2.17. The Bertz CT molecular complexity index is 328. The van der Waals surface area contributed by atoms with Crippen LogP contribution in [0.15, 0.2) is 18.2 Å². The van der Waals surface area contributed by atoms with Crippen LogP contribution in [0, 0.1) is 11.7 Å². The summed E-state index contributed by atoms with van der Waals surface area (Å²) < 4.78 is 13.5. The molecular weight excluding hydrogens is 225 g/mol. The molecule has 1 N–H and O–H groups in total. The molecule has 0 aliphatic carbocycles. The Labute approximate surface area is 102 Å². The van der Waals surface area contributed by atoms with Crippen LogP contribution in [0.25, 0.3) is 0 Å². The average Bonchev–Trinajstić information content (AvgIpc) is 2.23. The molecule has 1 rings (SSSR count). The summed E-state index contributed by atoms with van der Waals surface area (Å²) in [5.41, 5.74) is 0.758. The molecule has 0 fully saturated rings. The quantitative estimate of drug-likeness (QED) is 0.752. The summed E-state index contributed by atoms with van der Waals surface area (Å²) in [5, 5.41) is 3.73. The van der Waals surface area contributed by atoms with Gasteiger partial charge in [0, 0.05) is 5.02 Å². The van der Waals surface area contributed by atoms with E-state index in [-0.39, 0.29) is 5.82 Å². The van der Waals surface area contributed by atoms with Crippen LogP contribution >= 0.6 is 11.6 Å². The molecule has 0 amide bonds. The average molecular weight is 244 g/mol. The van der Waals surface area contributed by atoms with Crippen molar-refractivity contribution in [1.29, 1.82) is 0 Å². The zero-order valence-electron chi connectivity index (χ0n) is 9.89. The van der Waals surface area contributed by atoms with Gasteiger partial charge in [-0.25, -0.2) is 4.39 Å². The fourth-order valence-corrected chi connectivity index (χ4v) is 1.85. The molecule has 3 heteroatoms. The minimum atomic E-state index is -0.192. The van der Waals surface area contributed by atoms with Crippen LogP contribution in [0.4, 0.5) is 4.39 Å². The van der Waals surface area contributed by atoms with Gasteiger partial charge in [-0.15, -0.1) is 0 Å². The fraction of sp³-hybridized carbons (Fsp3) is 0.538. The highest BCUT2D eigenvalue weighted by Gasteiger charge is 2.08. The Kier molecular flexibility index (Phi) is 5.78. The molecule has 0 radical (unpaired) electrons. The maximum Gasteiger partial charge on any atom is 0.127 e. The summed E-state index contributed by atoms with van der Waals surface area (Å²) in [5.74, 6) is 0.289. The van der Waals surface area contributed by atoms with Gasteiger partial charge < -0.3 is 5.32 Å². The largest absolute Gasteiger partial charge is 0.317 e. The number of nitrogens with one attached hydrogen (secondary N) is 1. The smallest absolute Gasteiger partial charge is 0.127 e.